The molecule has 16 heavy (non-hydrogen) atoms. The summed E-state index contributed by atoms with van der Waals surface area (Å²) in [7, 11) is 0. The van der Waals surface area contributed by atoms with E-state index >= 15 is 0 Å². The molecule has 6 nitrogen and oxygen atoms in total. The Labute approximate surface area is 96.2 Å². The standard InChI is InChI=1S/C9H11N3O3S/c1-9(3-2-7(14)15-9)6(13)4-16-8-10-5-11-12-8/h5H,2-4H2,1H3,(H,10,11,12)/t9-/m0/s1. The Kier molecular flexibility index (Phi) is 2.95. The molecule has 1 atom stereocenters. The van der Waals surface area contributed by atoms with Crippen molar-refractivity contribution in [3.63, 3.8) is 0 Å². The first-order valence-corrected chi connectivity index (χ1v) is 5.82. The van der Waals surface area contributed by atoms with E-state index in [4.69, 9.17) is 4.74 Å². The van der Waals surface area contributed by atoms with Crippen LogP contribution < -0.4 is 0 Å². The second-order valence-corrected chi connectivity index (χ2v) is 4.67. The van der Waals surface area contributed by atoms with Gasteiger partial charge < -0.3 is 4.74 Å². The Balaban J connectivity index is 1.91. The number of aromatic nitrogens is 3. The Morgan fingerprint density at radius 2 is 2.56 bits per heavy atom. The van der Waals surface area contributed by atoms with E-state index in [0.29, 0.717) is 18.0 Å². The molecular weight excluding hydrogens is 230 g/mol. The molecule has 1 aliphatic rings. The molecule has 1 saturated heterocycles. The van der Waals surface area contributed by atoms with E-state index in [0.717, 1.165) is 0 Å². The highest BCUT2D eigenvalue weighted by Gasteiger charge is 2.42. The van der Waals surface area contributed by atoms with E-state index in [2.05, 4.69) is 15.2 Å². The minimum atomic E-state index is -0.954. The van der Waals surface area contributed by atoms with Gasteiger partial charge in [0.15, 0.2) is 16.5 Å². The maximum atomic E-state index is 11.8. The number of Topliss-reactive ketones (excluding diaryl/α,β-unsaturated/α-hetero) is 1. The number of hydrogen-bond acceptors (Lipinski definition) is 6. The molecule has 0 aliphatic carbocycles. The van der Waals surface area contributed by atoms with Gasteiger partial charge in [-0.1, -0.05) is 11.8 Å². The molecule has 1 aromatic rings. The number of rotatable bonds is 4. The fourth-order valence-corrected chi connectivity index (χ4v) is 2.25. The summed E-state index contributed by atoms with van der Waals surface area (Å²) in [5.74, 6) is -0.181. The van der Waals surface area contributed by atoms with Crippen LogP contribution in [0.3, 0.4) is 0 Å². The maximum absolute atomic E-state index is 11.8. The SMILES string of the molecule is C[C@@]1(C(=O)CSc2ncn[nH]2)CCC(=O)O1. The normalized spacial score (nSPS) is 24.4. The minimum absolute atomic E-state index is 0.0975. The number of thioether (sulfide) groups is 1. The third-order valence-corrected chi connectivity index (χ3v) is 3.34. The van der Waals surface area contributed by atoms with E-state index < -0.39 is 5.60 Å². The number of carbonyl (C=O) groups excluding carboxylic acids is 2. The number of esters is 1. The smallest absolute Gasteiger partial charge is 0.306 e. The number of ether oxygens (including phenoxy) is 1. The summed E-state index contributed by atoms with van der Waals surface area (Å²) in [5, 5.41) is 6.90. The molecule has 2 heterocycles. The van der Waals surface area contributed by atoms with E-state index in [-0.39, 0.29) is 17.5 Å². The molecular formula is C9H11N3O3S. The molecule has 7 heteroatoms. The van der Waals surface area contributed by atoms with Gasteiger partial charge in [-0.25, -0.2) is 4.98 Å². The zero-order chi connectivity index (χ0) is 11.6. The van der Waals surface area contributed by atoms with Crippen molar-refractivity contribution in [2.45, 2.75) is 30.5 Å². The molecule has 0 amide bonds. The Hall–Kier alpha value is -1.37. The number of hydrogen-bond donors (Lipinski definition) is 1. The monoisotopic (exact) mass is 241 g/mol. The molecule has 86 valence electrons. The Morgan fingerprint density at radius 1 is 1.75 bits per heavy atom. The second-order valence-electron chi connectivity index (χ2n) is 3.71. The Morgan fingerprint density at radius 3 is 3.12 bits per heavy atom. The van der Waals surface area contributed by atoms with Crippen molar-refractivity contribution in [2.75, 3.05) is 5.75 Å². The van der Waals surface area contributed by atoms with Crippen LogP contribution in [-0.4, -0.2) is 38.3 Å². The van der Waals surface area contributed by atoms with Crippen molar-refractivity contribution in [1.82, 2.24) is 15.2 Å². The topological polar surface area (TPSA) is 84.9 Å². The number of aromatic amines is 1. The maximum Gasteiger partial charge on any atom is 0.306 e. The van der Waals surface area contributed by atoms with Gasteiger partial charge in [0.2, 0.25) is 0 Å². The number of nitrogens with one attached hydrogen (secondary N) is 1. The highest BCUT2D eigenvalue weighted by molar-refractivity contribution is 7.99. The van der Waals surface area contributed by atoms with Gasteiger partial charge in [-0.3, -0.25) is 14.7 Å². The van der Waals surface area contributed by atoms with Crippen molar-refractivity contribution in [3.05, 3.63) is 6.33 Å². The number of H-pyrrole nitrogens is 1. The van der Waals surface area contributed by atoms with Gasteiger partial charge in [-0.05, 0) is 6.92 Å². The van der Waals surface area contributed by atoms with Crippen LogP contribution in [0.25, 0.3) is 0 Å². The van der Waals surface area contributed by atoms with Crippen molar-refractivity contribution in [2.24, 2.45) is 0 Å². The highest BCUT2D eigenvalue weighted by atomic mass is 32.2. The minimum Gasteiger partial charge on any atom is -0.451 e. The first-order valence-electron chi connectivity index (χ1n) is 4.83. The molecule has 1 aromatic heterocycles. The summed E-state index contributed by atoms with van der Waals surface area (Å²) >= 11 is 1.25. The van der Waals surface area contributed by atoms with Crippen LogP contribution in [0, 0.1) is 0 Å². The van der Waals surface area contributed by atoms with Gasteiger partial charge in [-0.15, -0.1) is 0 Å². The average molecular weight is 241 g/mol. The van der Waals surface area contributed by atoms with Crippen molar-refractivity contribution >= 4 is 23.5 Å². The molecule has 1 N–H and O–H groups in total. The van der Waals surface area contributed by atoms with E-state index in [1.807, 2.05) is 0 Å². The fourth-order valence-electron chi connectivity index (χ4n) is 1.44. The van der Waals surface area contributed by atoms with Crippen LogP contribution in [0.4, 0.5) is 0 Å². The van der Waals surface area contributed by atoms with Gasteiger partial charge in [-0.2, -0.15) is 5.10 Å². The summed E-state index contributed by atoms with van der Waals surface area (Å²) in [5.41, 5.74) is -0.954. The van der Waals surface area contributed by atoms with Gasteiger partial charge in [0.05, 0.1) is 5.75 Å². The van der Waals surface area contributed by atoms with Crippen molar-refractivity contribution in [1.29, 1.82) is 0 Å². The lowest BCUT2D eigenvalue weighted by Crippen LogP contribution is -2.36. The van der Waals surface area contributed by atoms with E-state index in [1.54, 1.807) is 6.92 Å². The van der Waals surface area contributed by atoms with Gasteiger partial charge in [0.25, 0.3) is 0 Å². The zero-order valence-electron chi connectivity index (χ0n) is 8.73. The lowest BCUT2D eigenvalue weighted by atomic mass is 9.98. The van der Waals surface area contributed by atoms with Crippen LogP contribution in [0.1, 0.15) is 19.8 Å². The van der Waals surface area contributed by atoms with E-state index in [1.165, 1.54) is 18.1 Å². The number of ketones is 1. The van der Waals surface area contributed by atoms with Crippen LogP contribution >= 0.6 is 11.8 Å². The van der Waals surface area contributed by atoms with Crippen molar-refractivity contribution in [3.8, 4) is 0 Å². The third-order valence-electron chi connectivity index (χ3n) is 2.47. The molecule has 0 unspecified atom stereocenters. The Bertz CT molecular complexity index is 406. The molecule has 0 radical (unpaired) electrons. The third kappa shape index (κ3) is 2.24. The molecule has 0 saturated carbocycles. The first-order chi connectivity index (χ1) is 7.60. The summed E-state index contributed by atoms with van der Waals surface area (Å²) < 4.78 is 5.03. The molecule has 0 spiro atoms. The number of carbonyl (C=O) groups is 2. The van der Waals surface area contributed by atoms with Crippen molar-refractivity contribution < 1.29 is 14.3 Å². The van der Waals surface area contributed by atoms with Gasteiger partial charge >= 0.3 is 5.97 Å². The summed E-state index contributed by atoms with van der Waals surface area (Å²) in [6, 6.07) is 0. The first kappa shape index (κ1) is 11.1. The number of cyclic esters (lactones) is 1. The van der Waals surface area contributed by atoms with Crippen LogP contribution in [-0.2, 0) is 14.3 Å². The van der Waals surface area contributed by atoms with Crippen LogP contribution in [0.5, 0.6) is 0 Å². The summed E-state index contributed by atoms with van der Waals surface area (Å²) in [4.78, 5) is 26.7. The summed E-state index contributed by atoms with van der Waals surface area (Å²) in [6.07, 6.45) is 2.15. The second kappa shape index (κ2) is 4.25. The summed E-state index contributed by atoms with van der Waals surface area (Å²) in [6.45, 7) is 1.65. The van der Waals surface area contributed by atoms with Gasteiger partial charge in [0.1, 0.15) is 6.33 Å². The predicted octanol–water partition coefficient (Wildman–Crippen LogP) is 0.562. The average Bonchev–Trinajstić information content (AvgIpc) is 2.85. The zero-order valence-corrected chi connectivity index (χ0v) is 9.54. The quantitative estimate of drug-likeness (QED) is 0.612. The van der Waals surface area contributed by atoms with Crippen LogP contribution in [0.15, 0.2) is 11.5 Å². The molecule has 2 rings (SSSR count). The lowest BCUT2D eigenvalue weighted by Gasteiger charge is -2.19. The van der Waals surface area contributed by atoms with Gasteiger partial charge in [0, 0.05) is 12.8 Å². The molecule has 1 fully saturated rings. The fraction of sp³-hybridized carbons (Fsp3) is 0.556. The van der Waals surface area contributed by atoms with Crippen LogP contribution in [0.2, 0.25) is 0 Å². The lowest BCUT2D eigenvalue weighted by molar-refractivity contribution is -0.154. The largest absolute Gasteiger partial charge is 0.451 e. The molecule has 0 bridgehead atoms. The predicted molar refractivity (Wildman–Crippen MR) is 55.8 cm³/mol. The van der Waals surface area contributed by atoms with E-state index in [9.17, 15) is 9.59 Å². The molecule has 0 aromatic carbocycles. The molecule has 1 aliphatic heterocycles. The number of nitrogens with zero attached hydrogens (tertiary/aromatic N) is 2. The highest BCUT2D eigenvalue weighted by Crippen LogP contribution is 2.28.